The molecule has 0 aliphatic carbocycles. The van der Waals surface area contributed by atoms with Crippen molar-refractivity contribution >= 4 is 17.5 Å². The van der Waals surface area contributed by atoms with Crippen LogP contribution in [-0.4, -0.2) is 39.0 Å². The summed E-state index contributed by atoms with van der Waals surface area (Å²) in [5.41, 5.74) is 5.32. The van der Waals surface area contributed by atoms with Crippen molar-refractivity contribution in [2.45, 2.75) is 33.0 Å². The first-order chi connectivity index (χ1) is 15.5. The number of aliphatic hydroxyl groups excluding tert-OH is 1. The van der Waals surface area contributed by atoms with E-state index in [9.17, 15) is 27.9 Å². The number of carbonyl (C=O) groups is 2. The topological polar surface area (TPSA) is 123 Å². The van der Waals surface area contributed by atoms with Crippen molar-refractivity contribution in [2.24, 2.45) is 22.6 Å². The van der Waals surface area contributed by atoms with Gasteiger partial charge in [-0.15, -0.1) is 0 Å². The van der Waals surface area contributed by atoms with Gasteiger partial charge in [0.2, 0.25) is 0 Å². The second-order valence-corrected chi connectivity index (χ2v) is 7.77. The number of dihydropyridines is 1. The van der Waals surface area contributed by atoms with Crippen LogP contribution in [0.2, 0.25) is 0 Å². The summed E-state index contributed by atoms with van der Waals surface area (Å²) in [6.07, 6.45) is -2.52. The number of hydrogen-bond acceptors (Lipinski definition) is 6. The Morgan fingerprint density at radius 3 is 2.70 bits per heavy atom. The highest BCUT2D eigenvalue weighted by atomic mass is 19.4. The molecule has 0 saturated heterocycles. The number of carbonyl (C=O) groups excluding carboxylic acids is 2. The number of nitrogens with zero attached hydrogens (tertiary/aromatic N) is 3. The summed E-state index contributed by atoms with van der Waals surface area (Å²) in [6.45, 7) is 3.39. The van der Waals surface area contributed by atoms with Gasteiger partial charge in [-0.2, -0.15) is 18.3 Å². The number of nitrogens with two attached hydrogens (primary N) is 1. The molecule has 1 aromatic carbocycles. The molecule has 1 aliphatic heterocycles. The number of aromatic nitrogens is 2. The summed E-state index contributed by atoms with van der Waals surface area (Å²) in [6, 6.07) is 6.21. The number of hydrogen-bond donors (Lipinski definition) is 3. The number of amidine groups is 1. The van der Waals surface area contributed by atoms with E-state index in [2.05, 4.69) is 15.4 Å². The van der Waals surface area contributed by atoms with E-state index in [1.54, 1.807) is 0 Å². The largest absolute Gasteiger partial charge is 0.510 e. The molecule has 33 heavy (non-hydrogen) atoms. The summed E-state index contributed by atoms with van der Waals surface area (Å²) < 4.78 is 40.0. The van der Waals surface area contributed by atoms with Gasteiger partial charge in [-0.25, -0.2) is 0 Å². The quantitative estimate of drug-likeness (QED) is 0.583. The van der Waals surface area contributed by atoms with E-state index < -0.39 is 29.5 Å². The first-order valence-electron chi connectivity index (χ1n) is 10.3. The second-order valence-electron chi connectivity index (χ2n) is 7.77. The summed E-state index contributed by atoms with van der Waals surface area (Å²) in [5.74, 6) is -2.16. The molecule has 2 aromatic rings. The van der Waals surface area contributed by atoms with Gasteiger partial charge in [0.25, 0.3) is 5.91 Å². The average molecular weight is 463 g/mol. The fraction of sp³-hybridized carbons (Fsp3) is 0.364. The van der Waals surface area contributed by atoms with Crippen molar-refractivity contribution in [2.75, 3.05) is 6.54 Å². The van der Waals surface area contributed by atoms with Crippen LogP contribution in [0.5, 0.6) is 0 Å². The number of rotatable bonds is 7. The number of benzene rings is 1. The average Bonchev–Trinajstić information content (AvgIpc) is 3.21. The summed E-state index contributed by atoms with van der Waals surface area (Å²) in [4.78, 5) is 28.7. The molecule has 2 atom stereocenters. The number of nitrogens with one attached hydrogen (secondary N) is 1. The van der Waals surface area contributed by atoms with Crippen LogP contribution < -0.4 is 11.1 Å². The van der Waals surface area contributed by atoms with Crippen LogP contribution in [0.3, 0.4) is 0 Å². The van der Waals surface area contributed by atoms with Gasteiger partial charge in [-0.05, 0) is 37.1 Å². The fourth-order valence-corrected chi connectivity index (χ4v) is 3.76. The highest BCUT2D eigenvalue weighted by Gasteiger charge is 2.34. The van der Waals surface area contributed by atoms with Gasteiger partial charge < -0.3 is 16.2 Å². The summed E-state index contributed by atoms with van der Waals surface area (Å²) in [7, 11) is 0. The number of amides is 1. The van der Waals surface area contributed by atoms with Gasteiger partial charge in [0.1, 0.15) is 23.1 Å². The van der Waals surface area contributed by atoms with Crippen LogP contribution in [0.15, 0.2) is 53.0 Å². The molecule has 1 aliphatic rings. The van der Waals surface area contributed by atoms with Crippen LogP contribution in [0, 0.1) is 11.8 Å². The van der Waals surface area contributed by atoms with E-state index >= 15 is 0 Å². The molecule has 0 fully saturated rings. The molecule has 11 heteroatoms. The molecule has 4 N–H and O–H groups in total. The molecule has 176 valence electrons. The van der Waals surface area contributed by atoms with Crippen LogP contribution in [0.25, 0.3) is 0 Å². The Bertz CT molecular complexity index is 1120. The van der Waals surface area contributed by atoms with Crippen molar-refractivity contribution in [3.63, 3.8) is 0 Å². The zero-order chi connectivity index (χ0) is 24.3. The predicted octanol–water partition coefficient (Wildman–Crippen LogP) is 3.05. The van der Waals surface area contributed by atoms with E-state index in [1.165, 1.54) is 36.0 Å². The third kappa shape index (κ3) is 5.41. The molecule has 3 rings (SSSR count). The Morgan fingerprint density at radius 2 is 2.06 bits per heavy atom. The molecule has 1 amide bonds. The molecular formula is C22H24F3N5O3. The zero-order valence-electron chi connectivity index (χ0n) is 18.1. The standard InChI is InChI=1S/C22H24F3N5O3/c1-3-15(12(2)31)16-10-27-20(26)18(19(16)32)28-21(33)17-7-8-30(29-17)11-13-5-4-6-14(9-13)22(23,24)25/h4-9,15-16,32H,3,10-11H2,1-2H3,(H2,26,27)(H,28,33). The highest BCUT2D eigenvalue weighted by Crippen LogP contribution is 2.30. The van der Waals surface area contributed by atoms with Gasteiger partial charge in [-0.1, -0.05) is 19.1 Å². The molecule has 0 radical (unpaired) electrons. The fourth-order valence-electron chi connectivity index (χ4n) is 3.76. The molecule has 1 aromatic heterocycles. The maximum Gasteiger partial charge on any atom is 0.416 e. The van der Waals surface area contributed by atoms with E-state index in [1.807, 2.05) is 6.92 Å². The number of Topliss-reactive ketones (excluding diaryl/α,β-unsaturated/α-hetero) is 1. The summed E-state index contributed by atoms with van der Waals surface area (Å²) in [5, 5.41) is 17.3. The van der Waals surface area contributed by atoms with Gasteiger partial charge in [0.15, 0.2) is 5.69 Å². The third-order valence-corrected chi connectivity index (χ3v) is 5.48. The lowest BCUT2D eigenvalue weighted by molar-refractivity contribution is -0.137. The van der Waals surface area contributed by atoms with Crippen molar-refractivity contribution in [3.8, 4) is 0 Å². The molecule has 8 nitrogen and oxygen atoms in total. The number of alkyl halides is 3. The SMILES string of the molecule is CCC(C(C)=O)C1CN=C(N)C(NC(=O)c2ccn(Cc3cccc(C(F)(F)F)c3)n2)=C1O. The third-order valence-electron chi connectivity index (χ3n) is 5.48. The lowest BCUT2D eigenvalue weighted by Gasteiger charge is -2.27. The first kappa shape index (κ1) is 24.0. The molecule has 0 saturated carbocycles. The first-order valence-corrected chi connectivity index (χ1v) is 10.3. The second kappa shape index (κ2) is 9.47. The molecule has 0 spiro atoms. The van der Waals surface area contributed by atoms with Crippen LogP contribution in [0.4, 0.5) is 13.2 Å². The number of aliphatic hydroxyl groups is 1. The smallest absolute Gasteiger partial charge is 0.416 e. The Hall–Kier alpha value is -3.63. The molecule has 2 unspecified atom stereocenters. The maximum absolute atomic E-state index is 12.9. The Morgan fingerprint density at radius 1 is 1.33 bits per heavy atom. The van der Waals surface area contributed by atoms with Crippen molar-refractivity contribution in [1.29, 1.82) is 0 Å². The molecule has 2 heterocycles. The van der Waals surface area contributed by atoms with Crippen molar-refractivity contribution in [3.05, 3.63) is 64.8 Å². The van der Waals surface area contributed by atoms with Crippen LogP contribution in [0.1, 0.15) is 41.9 Å². The zero-order valence-corrected chi connectivity index (χ0v) is 18.1. The van der Waals surface area contributed by atoms with Crippen molar-refractivity contribution < 1.29 is 27.9 Å². The predicted molar refractivity (Wildman–Crippen MR) is 114 cm³/mol. The van der Waals surface area contributed by atoms with Crippen LogP contribution in [-0.2, 0) is 17.5 Å². The minimum absolute atomic E-state index is 0.0214. The van der Waals surface area contributed by atoms with Gasteiger partial charge in [-0.3, -0.25) is 19.3 Å². The number of aliphatic imine (C=N–C) groups is 1. The van der Waals surface area contributed by atoms with E-state index in [4.69, 9.17) is 5.73 Å². The number of halogens is 3. The summed E-state index contributed by atoms with van der Waals surface area (Å²) >= 11 is 0. The Balaban J connectivity index is 1.76. The normalized spacial score (nSPS) is 17.5. The van der Waals surface area contributed by atoms with E-state index in [-0.39, 0.29) is 41.9 Å². The molecule has 0 bridgehead atoms. The van der Waals surface area contributed by atoms with E-state index in [0.29, 0.717) is 12.0 Å². The Labute approximate surface area is 188 Å². The highest BCUT2D eigenvalue weighted by molar-refractivity contribution is 6.04. The Kier molecular flexibility index (Phi) is 6.89. The minimum Gasteiger partial charge on any atom is -0.510 e. The van der Waals surface area contributed by atoms with Gasteiger partial charge >= 0.3 is 6.18 Å². The maximum atomic E-state index is 12.9. The van der Waals surface area contributed by atoms with Crippen molar-refractivity contribution in [1.82, 2.24) is 15.1 Å². The monoisotopic (exact) mass is 463 g/mol. The van der Waals surface area contributed by atoms with Gasteiger partial charge in [0, 0.05) is 18.0 Å². The molecular weight excluding hydrogens is 439 g/mol. The minimum atomic E-state index is -4.46. The van der Waals surface area contributed by atoms with Gasteiger partial charge in [0.05, 0.1) is 18.7 Å². The number of ketones is 1. The lowest BCUT2D eigenvalue weighted by Crippen LogP contribution is -2.39. The lowest BCUT2D eigenvalue weighted by atomic mass is 9.83. The van der Waals surface area contributed by atoms with Crippen LogP contribution >= 0.6 is 0 Å². The van der Waals surface area contributed by atoms with E-state index in [0.717, 1.165) is 12.1 Å².